The summed E-state index contributed by atoms with van der Waals surface area (Å²) < 4.78 is 11.3. The molecule has 2 amide bonds. The van der Waals surface area contributed by atoms with Gasteiger partial charge in [-0.05, 0) is 32.3 Å². The van der Waals surface area contributed by atoms with Gasteiger partial charge in [0.1, 0.15) is 5.75 Å². The molecule has 1 aromatic rings. The van der Waals surface area contributed by atoms with Crippen LogP contribution in [0.15, 0.2) is 35.5 Å². The molecular formula is C23H34N2O4. The minimum absolute atomic E-state index is 0.277. The highest BCUT2D eigenvalue weighted by molar-refractivity contribution is 5.95. The Hall–Kier alpha value is -2.50. The number of carbonyl (C=O) groups excluding carboxylic acids is 2. The monoisotopic (exact) mass is 402 g/mol. The van der Waals surface area contributed by atoms with Gasteiger partial charge < -0.3 is 20.1 Å². The molecule has 1 aliphatic heterocycles. The highest BCUT2D eigenvalue weighted by Gasteiger charge is 2.34. The number of para-hydroxylation sites is 1. The number of ether oxygens (including phenoxy) is 2. The smallest absolute Gasteiger partial charge is 0.338 e. The summed E-state index contributed by atoms with van der Waals surface area (Å²) in [6.45, 7) is 6.92. The van der Waals surface area contributed by atoms with Crippen LogP contribution in [0.5, 0.6) is 5.75 Å². The van der Waals surface area contributed by atoms with Crippen LogP contribution in [0.25, 0.3) is 0 Å². The normalized spacial score (nSPS) is 16.2. The Bertz CT molecular complexity index is 715. The summed E-state index contributed by atoms with van der Waals surface area (Å²) in [5, 5.41) is 5.70. The van der Waals surface area contributed by atoms with Crippen LogP contribution in [0.1, 0.15) is 77.3 Å². The first-order valence-electron chi connectivity index (χ1n) is 10.8. The van der Waals surface area contributed by atoms with Crippen molar-refractivity contribution >= 4 is 12.0 Å². The molecule has 0 aliphatic carbocycles. The standard InChI is InChI=1S/C23H34N2O4/c1-4-7-9-12-16-29-19-15-11-10-13-17(19)21-20(22(26)28-6-3)18(14-8-5-2)24-23(27)25-21/h10-11,13,15,21H,4-9,12,14,16H2,1-3H3,(H2,24,25,27). The molecule has 0 aromatic heterocycles. The summed E-state index contributed by atoms with van der Waals surface area (Å²) in [6, 6.07) is 6.67. The number of nitrogens with one attached hydrogen (secondary N) is 2. The van der Waals surface area contributed by atoms with Gasteiger partial charge in [-0.2, -0.15) is 0 Å². The van der Waals surface area contributed by atoms with E-state index in [1.165, 1.54) is 12.8 Å². The van der Waals surface area contributed by atoms with Crippen molar-refractivity contribution in [2.75, 3.05) is 13.2 Å². The SMILES string of the molecule is CCCCCCOc1ccccc1C1NC(=O)NC(CCCC)=C1C(=O)OCC. The molecule has 160 valence electrons. The lowest BCUT2D eigenvalue weighted by molar-refractivity contribution is -0.139. The minimum atomic E-state index is -0.596. The van der Waals surface area contributed by atoms with Crippen LogP contribution in [-0.2, 0) is 9.53 Å². The van der Waals surface area contributed by atoms with Crippen molar-refractivity contribution < 1.29 is 19.1 Å². The molecule has 6 heteroatoms. The average Bonchev–Trinajstić information content (AvgIpc) is 2.72. The fraction of sp³-hybridized carbons (Fsp3) is 0.565. The third-order valence-corrected chi connectivity index (χ3v) is 4.91. The zero-order valence-electron chi connectivity index (χ0n) is 17.9. The van der Waals surface area contributed by atoms with E-state index in [-0.39, 0.29) is 12.6 Å². The molecule has 1 heterocycles. The lowest BCUT2D eigenvalue weighted by atomic mass is 9.93. The van der Waals surface area contributed by atoms with E-state index in [1.807, 2.05) is 24.3 Å². The zero-order chi connectivity index (χ0) is 21.1. The van der Waals surface area contributed by atoms with Gasteiger partial charge in [-0.3, -0.25) is 0 Å². The van der Waals surface area contributed by atoms with Crippen LogP contribution in [0.2, 0.25) is 0 Å². The second-order valence-electron chi connectivity index (χ2n) is 7.19. The fourth-order valence-corrected chi connectivity index (χ4v) is 3.41. The number of benzene rings is 1. The number of rotatable bonds is 12. The Kier molecular flexibility index (Phi) is 9.54. The third kappa shape index (κ3) is 6.51. The van der Waals surface area contributed by atoms with Crippen LogP contribution < -0.4 is 15.4 Å². The predicted molar refractivity (Wildman–Crippen MR) is 114 cm³/mol. The molecule has 2 rings (SSSR count). The second kappa shape index (κ2) is 12.1. The van der Waals surface area contributed by atoms with E-state index in [0.29, 0.717) is 30.0 Å². The van der Waals surface area contributed by atoms with Gasteiger partial charge in [-0.1, -0.05) is 57.7 Å². The number of urea groups is 1. The molecular weight excluding hydrogens is 368 g/mol. The summed E-state index contributed by atoms with van der Waals surface area (Å²) in [5.41, 5.74) is 1.87. The molecule has 0 bridgehead atoms. The van der Waals surface area contributed by atoms with Crippen molar-refractivity contribution in [1.82, 2.24) is 10.6 Å². The van der Waals surface area contributed by atoms with Crippen molar-refractivity contribution in [3.63, 3.8) is 0 Å². The molecule has 0 spiro atoms. The van der Waals surface area contributed by atoms with Crippen LogP contribution in [0.4, 0.5) is 4.79 Å². The summed E-state index contributed by atoms with van der Waals surface area (Å²) in [5.74, 6) is 0.279. The van der Waals surface area contributed by atoms with E-state index >= 15 is 0 Å². The van der Waals surface area contributed by atoms with E-state index < -0.39 is 12.0 Å². The largest absolute Gasteiger partial charge is 0.493 e. The first kappa shape index (κ1) is 22.8. The van der Waals surface area contributed by atoms with Gasteiger partial charge >= 0.3 is 12.0 Å². The Morgan fingerprint density at radius 2 is 1.79 bits per heavy atom. The molecule has 0 saturated heterocycles. The van der Waals surface area contributed by atoms with Crippen molar-refractivity contribution in [3.05, 3.63) is 41.1 Å². The lowest BCUT2D eigenvalue weighted by Crippen LogP contribution is -2.46. The number of allylic oxidation sites excluding steroid dienone is 1. The molecule has 1 aliphatic rings. The number of amides is 2. The second-order valence-corrected chi connectivity index (χ2v) is 7.19. The van der Waals surface area contributed by atoms with Crippen LogP contribution in [-0.4, -0.2) is 25.2 Å². The molecule has 1 aromatic carbocycles. The first-order chi connectivity index (χ1) is 14.1. The summed E-state index contributed by atoms with van der Waals surface area (Å²) in [6.07, 6.45) is 6.92. The van der Waals surface area contributed by atoms with Crippen molar-refractivity contribution in [2.45, 2.75) is 71.8 Å². The van der Waals surface area contributed by atoms with E-state index in [4.69, 9.17) is 9.47 Å². The van der Waals surface area contributed by atoms with Crippen molar-refractivity contribution in [2.24, 2.45) is 0 Å². The maximum atomic E-state index is 12.8. The number of unbranched alkanes of at least 4 members (excludes halogenated alkanes) is 4. The average molecular weight is 403 g/mol. The molecule has 1 atom stereocenters. The number of esters is 1. The van der Waals surface area contributed by atoms with Crippen molar-refractivity contribution in [3.8, 4) is 5.75 Å². The van der Waals surface area contributed by atoms with Crippen LogP contribution in [0.3, 0.4) is 0 Å². The van der Waals surface area contributed by atoms with E-state index in [2.05, 4.69) is 24.5 Å². The highest BCUT2D eigenvalue weighted by atomic mass is 16.5. The zero-order valence-corrected chi connectivity index (χ0v) is 17.9. The molecule has 29 heavy (non-hydrogen) atoms. The van der Waals surface area contributed by atoms with E-state index in [1.54, 1.807) is 6.92 Å². The number of carbonyl (C=O) groups is 2. The molecule has 0 saturated carbocycles. The Balaban J connectivity index is 2.33. The molecule has 6 nitrogen and oxygen atoms in total. The molecule has 1 unspecified atom stereocenters. The van der Waals surface area contributed by atoms with Crippen molar-refractivity contribution in [1.29, 1.82) is 0 Å². The van der Waals surface area contributed by atoms with Crippen LogP contribution >= 0.6 is 0 Å². The Morgan fingerprint density at radius 3 is 2.52 bits per heavy atom. The fourth-order valence-electron chi connectivity index (χ4n) is 3.41. The van der Waals surface area contributed by atoms with Gasteiger partial charge in [0.05, 0.1) is 24.8 Å². The maximum Gasteiger partial charge on any atom is 0.338 e. The number of hydrogen-bond donors (Lipinski definition) is 2. The van der Waals surface area contributed by atoms with E-state index in [9.17, 15) is 9.59 Å². The summed E-state index contributed by atoms with van der Waals surface area (Å²) in [7, 11) is 0. The van der Waals surface area contributed by atoms with Crippen LogP contribution in [0, 0.1) is 0 Å². The van der Waals surface area contributed by atoms with Gasteiger partial charge in [0, 0.05) is 11.3 Å². The quantitative estimate of drug-likeness (QED) is 0.381. The molecule has 2 N–H and O–H groups in total. The van der Waals surface area contributed by atoms with Gasteiger partial charge in [0.25, 0.3) is 0 Å². The molecule has 0 fully saturated rings. The predicted octanol–water partition coefficient (Wildman–Crippen LogP) is 5.01. The molecule has 0 radical (unpaired) electrons. The first-order valence-corrected chi connectivity index (χ1v) is 10.8. The van der Waals surface area contributed by atoms with Gasteiger partial charge in [0.15, 0.2) is 0 Å². The number of hydrogen-bond acceptors (Lipinski definition) is 4. The van der Waals surface area contributed by atoms with E-state index in [0.717, 1.165) is 31.2 Å². The highest BCUT2D eigenvalue weighted by Crippen LogP contribution is 2.34. The Labute approximate surface area is 174 Å². The van der Waals surface area contributed by atoms with Gasteiger partial charge in [0.2, 0.25) is 0 Å². The van der Waals surface area contributed by atoms with Gasteiger partial charge in [-0.25, -0.2) is 9.59 Å². The van der Waals surface area contributed by atoms with Gasteiger partial charge in [-0.15, -0.1) is 0 Å². The Morgan fingerprint density at radius 1 is 1.03 bits per heavy atom. The third-order valence-electron chi connectivity index (χ3n) is 4.91. The summed E-state index contributed by atoms with van der Waals surface area (Å²) in [4.78, 5) is 25.1. The summed E-state index contributed by atoms with van der Waals surface area (Å²) >= 11 is 0. The maximum absolute atomic E-state index is 12.8. The minimum Gasteiger partial charge on any atom is -0.493 e. The lowest BCUT2D eigenvalue weighted by Gasteiger charge is -2.30. The topological polar surface area (TPSA) is 76.7 Å².